The molecule has 0 aromatic rings. The zero-order valence-corrected chi connectivity index (χ0v) is 15.6. The Balaban J connectivity index is 5.69. The SMILES string of the molecule is CCOC(=O)C(C[PH+]=O)(OCC)C(COS(C)(=O)=O)C(C)C. The fourth-order valence-corrected chi connectivity index (χ4v) is 3.37. The molecule has 0 aromatic carbocycles. The second kappa shape index (κ2) is 9.55. The minimum absolute atomic E-state index is 0.0738. The Hall–Kier alpha value is -0.560. The van der Waals surface area contributed by atoms with Gasteiger partial charge in [0, 0.05) is 12.5 Å². The molecule has 0 heterocycles. The molecule has 22 heavy (non-hydrogen) atoms. The molecule has 3 atom stereocenters. The maximum Gasteiger partial charge on any atom is 0.343 e. The van der Waals surface area contributed by atoms with Gasteiger partial charge in [0.05, 0.1) is 19.5 Å². The van der Waals surface area contributed by atoms with Gasteiger partial charge in [0.1, 0.15) is 0 Å². The average molecular weight is 357 g/mol. The minimum atomic E-state index is -3.66. The highest BCUT2D eigenvalue weighted by Gasteiger charge is 2.52. The summed E-state index contributed by atoms with van der Waals surface area (Å²) in [7, 11) is -4.45. The van der Waals surface area contributed by atoms with Crippen molar-refractivity contribution in [1.29, 1.82) is 0 Å². The summed E-state index contributed by atoms with van der Waals surface area (Å²) in [5.41, 5.74) is -1.48. The predicted molar refractivity (Wildman–Crippen MR) is 84.0 cm³/mol. The molecule has 0 saturated carbocycles. The van der Waals surface area contributed by atoms with Gasteiger partial charge >= 0.3 is 14.4 Å². The van der Waals surface area contributed by atoms with E-state index in [0.717, 1.165) is 6.26 Å². The van der Waals surface area contributed by atoms with Crippen LogP contribution in [-0.4, -0.2) is 52.2 Å². The van der Waals surface area contributed by atoms with Crippen molar-refractivity contribution >= 4 is 24.5 Å². The minimum Gasteiger partial charge on any atom is -0.464 e. The van der Waals surface area contributed by atoms with Crippen molar-refractivity contribution in [2.24, 2.45) is 11.8 Å². The molecule has 130 valence electrons. The molecule has 7 nitrogen and oxygen atoms in total. The van der Waals surface area contributed by atoms with Crippen molar-refractivity contribution in [1.82, 2.24) is 0 Å². The first-order valence-corrected chi connectivity index (χ1v) is 10.1. The molecular formula is C13H26O7PS+. The summed E-state index contributed by atoms with van der Waals surface area (Å²) >= 11 is 0. The number of carbonyl (C=O) groups excluding carboxylic acids is 1. The van der Waals surface area contributed by atoms with Crippen LogP contribution in [0.25, 0.3) is 0 Å². The third-order valence-corrected chi connectivity index (χ3v) is 4.46. The lowest BCUT2D eigenvalue weighted by Gasteiger charge is -2.36. The molecule has 0 amide bonds. The molecule has 0 rings (SSSR count). The molecule has 0 radical (unpaired) electrons. The van der Waals surface area contributed by atoms with Gasteiger partial charge in [0.2, 0.25) is 5.60 Å². The van der Waals surface area contributed by atoms with Crippen LogP contribution in [0.4, 0.5) is 0 Å². The normalized spacial score (nSPS) is 16.5. The summed E-state index contributed by atoms with van der Waals surface area (Å²) in [6.45, 7) is 7.11. The maximum absolute atomic E-state index is 12.4. The summed E-state index contributed by atoms with van der Waals surface area (Å²) in [5.74, 6) is -1.40. The van der Waals surface area contributed by atoms with Crippen LogP contribution in [0.5, 0.6) is 0 Å². The lowest BCUT2D eigenvalue weighted by molar-refractivity contribution is -0.181. The Morgan fingerprint density at radius 3 is 2.18 bits per heavy atom. The van der Waals surface area contributed by atoms with Crippen LogP contribution in [0.15, 0.2) is 0 Å². The van der Waals surface area contributed by atoms with E-state index >= 15 is 0 Å². The number of hydrogen-bond acceptors (Lipinski definition) is 7. The monoisotopic (exact) mass is 357 g/mol. The molecule has 0 aliphatic rings. The number of carbonyl (C=O) groups is 1. The van der Waals surface area contributed by atoms with Gasteiger partial charge in [-0.15, -0.1) is 0 Å². The maximum atomic E-state index is 12.4. The molecule has 0 aliphatic heterocycles. The Bertz CT molecular complexity index is 463. The van der Waals surface area contributed by atoms with Crippen LogP contribution < -0.4 is 0 Å². The first-order chi connectivity index (χ1) is 10.1. The molecule has 3 unspecified atom stereocenters. The third kappa shape index (κ3) is 6.28. The van der Waals surface area contributed by atoms with Crippen molar-refractivity contribution in [3.63, 3.8) is 0 Å². The molecule has 0 aliphatic carbocycles. The van der Waals surface area contributed by atoms with Gasteiger partial charge < -0.3 is 9.47 Å². The van der Waals surface area contributed by atoms with E-state index < -0.39 is 36.1 Å². The molecule has 0 bridgehead atoms. The van der Waals surface area contributed by atoms with Crippen LogP contribution in [0.1, 0.15) is 27.7 Å². The Morgan fingerprint density at radius 1 is 1.23 bits per heavy atom. The van der Waals surface area contributed by atoms with Gasteiger partial charge in [-0.2, -0.15) is 8.42 Å². The van der Waals surface area contributed by atoms with Crippen molar-refractivity contribution in [3.05, 3.63) is 0 Å². The van der Waals surface area contributed by atoms with E-state index in [1.807, 2.05) is 13.8 Å². The van der Waals surface area contributed by atoms with Gasteiger partial charge in [-0.25, -0.2) is 4.79 Å². The van der Waals surface area contributed by atoms with Gasteiger partial charge in [-0.3, -0.25) is 4.18 Å². The second-order valence-electron chi connectivity index (χ2n) is 5.20. The first kappa shape index (κ1) is 21.4. The number of rotatable bonds is 11. The van der Waals surface area contributed by atoms with E-state index in [0.29, 0.717) is 0 Å². The van der Waals surface area contributed by atoms with Crippen molar-refractivity contribution in [3.8, 4) is 0 Å². The zero-order chi connectivity index (χ0) is 17.4. The predicted octanol–water partition coefficient (Wildman–Crippen LogP) is 1.60. The molecular weight excluding hydrogens is 331 g/mol. The molecule has 0 fully saturated rings. The zero-order valence-electron chi connectivity index (χ0n) is 13.7. The summed E-state index contributed by atoms with van der Waals surface area (Å²) in [6.07, 6.45) is 0.863. The van der Waals surface area contributed by atoms with E-state index in [-0.39, 0.29) is 31.9 Å². The summed E-state index contributed by atoms with van der Waals surface area (Å²) in [5, 5.41) is 0. The van der Waals surface area contributed by atoms with E-state index in [4.69, 9.17) is 13.7 Å². The quantitative estimate of drug-likeness (QED) is 0.315. The summed E-state index contributed by atoms with van der Waals surface area (Å²) in [6, 6.07) is 0. The second-order valence-corrected chi connectivity index (χ2v) is 7.49. The van der Waals surface area contributed by atoms with Crippen LogP contribution in [0, 0.1) is 11.8 Å². The summed E-state index contributed by atoms with van der Waals surface area (Å²) < 4.78 is 49.3. The standard InChI is InChI=1S/C13H25O7PS/c1-6-18-12(14)13(9-21-15,19-7-2)11(10(3)4)8-20-22(5,16)17/h10-11H,6-9H2,1-5H3/p+1. The van der Waals surface area contributed by atoms with Crippen molar-refractivity contribution in [2.45, 2.75) is 33.3 Å². The molecule has 0 saturated heterocycles. The van der Waals surface area contributed by atoms with Gasteiger partial charge in [-0.1, -0.05) is 18.4 Å². The summed E-state index contributed by atoms with van der Waals surface area (Å²) in [4.78, 5) is 12.4. The van der Waals surface area contributed by atoms with Gasteiger partial charge in [-0.05, 0) is 19.8 Å². The van der Waals surface area contributed by atoms with E-state index in [9.17, 15) is 17.8 Å². The average Bonchev–Trinajstić information content (AvgIpc) is 2.37. The smallest absolute Gasteiger partial charge is 0.343 e. The first-order valence-electron chi connectivity index (χ1n) is 7.15. The highest BCUT2D eigenvalue weighted by molar-refractivity contribution is 7.85. The third-order valence-electron chi connectivity index (χ3n) is 3.22. The molecule has 0 aromatic heterocycles. The van der Waals surface area contributed by atoms with Crippen LogP contribution in [-0.2, 0) is 33.1 Å². The topological polar surface area (TPSA) is 96.0 Å². The largest absolute Gasteiger partial charge is 0.464 e. The van der Waals surface area contributed by atoms with Gasteiger partial charge in [0.15, 0.2) is 6.16 Å². The van der Waals surface area contributed by atoms with Crippen LogP contribution in [0.3, 0.4) is 0 Å². The highest BCUT2D eigenvalue weighted by atomic mass is 32.2. The van der Waals surface area contributed by atoms with Crippen LogP contribution >= 0.6 is 8.46 Å². The van der Waals surface area contributed by atoms with Crippen molar-refractivity contribution in [2.75, 3.05) is 32.2 Å². The Labute approximate surface area is 134 Å². The van der Waals surface area contributed by atoms with E-state index in [2.05, 4.69) is 0 Å². The van der Waals surface area contributed by atoms with Crippen LogP contribution in [0.2, 0.25) is 0 Å². The Kier molecular flexibility index (Phi) is 9.31. The number of esters is 1. The number of hydrogen-bond donors (Lipinski definition) is 0. The lowest BCUT2D eigenvalue weighted by atomic mass is 9.81. The fourth-order valence-electron chi connectivity index (χ4n) is 2.25. The molecule has 0 N–H and O–H groups in total. The number of ether oxygens (including phenoxy) is 2. The lowest BCUT2D eigenvalue weighted by Crippen LogP contribution is -2.54. The van der Waals surface area contributed by atoms with E-state index in [1.54, 1.807) is 13.8 Å². The Morgan fingerprint density at radius 2 is 1.82 bits per heavy atom. The van der Waals surface area contributed by atoms with Gasteiger partial charge in [0.25, 0.3) is 10.1 Å². The molecule has 0 spiro atoms. The fraction of sp³-hybridized carbons (Fsp3) is 0.923. The van der Waals surface area contributed by atoms with E-state index in [1.165, 1.54) is 0 Å². The molecule has 9 heteroatoms. The van der Waals surface area contributed by atoms with Crippen molar-refractivity contribution < 1.29 is 31.4 Å². The highest BCUT2D eigenvalue weighted by Crippen LogP contribution is 2.34.